The van der Waals surface area contributed by atoms with Crippen molar-refractivity contribution in [1.82, 2.24) is 15.1 Å². The Balaban J connectivity index is 1.56. The Bertz CT molecular complexity index is 1070. The number of para-hydroxylation sites is 1. The zero-order chi connectivity index (χ0) is 22.4. The van der Waals surface area contributed by atoms with E-state index in [0.29, 0.717) is 6.07 Å². The number of nitro groups is 1. The highest BCUT2D eigenvalue weighted by Crippen LogP contribution is 2.34. The van der Waals surface area contributed by atoms with E-state index >= 15 is 0 Å². The smallest absolute Gasteiger partial charge is 0.379 e. The van der Waals surface area contributed by atoms with Gasteiger partial charge in [0.1, 0.15) is 5.69 Å². The number of amides is 1. The maximum Gasteiger partial charge on any atom is 0.416 e. The molecule has 0 aliphatic carbocycles. The first-order valence-electron chi connectivity index (χ1n) is 9.20. The van der Waals surface area contributed by atoms with Crippen LogP contribution in [0.4, 0.5) is 24.5 Å². The number of alkyl halides is 3. The van der Waals surface area contributed by atoms with Crippen LogP contribution in [0.1, 0.15) is 17.5 Å². The summed E-state index contributed by atoms with van der Waals surface area (Å²) >= 11 is 0. The first kappa shape index (κ1) is 21.8. The summed E-state index contributed by atoms with van der Waals surface area (Å²) in [5, 5.41) is 20.7. The molecule has 0 atom stereocenters. The van der Waals surface area contributed by atoms with Gasteiger partial charge >= 0.3 is 6.18 Å². The Kier molecular flexibility index (Phi) is 6.53. The molecule has 0 fully saturated rings. The second-order valence-electron chi connectivity index (χ2n) is 6.52. The lowest BCUT2D eigenvalue weighted by Gasteiger charge is -2.12. The van der Waals surface area contributed by atoms with E-state index in [0.717, 1.165) is 23.4 Å². The van der Waals surface area contributed by atoms with Gasteiger partial charge in [-0.05, 0) is 29.8 Å². The molecule has 2 aromatic carbocycles. The number of aromatic nitrogens is 2. The summed E-state index contributed by atoms with van der Waals surface area (Å²) < 4.78 is 40.0. The number of rotatable bonds is 8. The minimum atomic E-state index is -4.68. The van der Waals surface area contributed by atoms with Gasteiger partial charge in [-0.3, -0.25) is 14.9 Å². The van der Waals surface area contributed by atoms with E-state index in [4.69, 9.17) is 0 Å². The molecule has 3 aromatic rings. The average Bonchev–Trinajstić information content (AvgIpc) is 3.26. The van der Waals surface area contributed by atoms with Crippen molar-refractivity contribution in [2.45, 2.75) is 19.1 Å². The molecular formula is C20H18F3N5O3. The van der Waals surface area contributed by atoms with Gasteiger partial charge < -0.3 is 10.6 Å². The lowest BCUT2D eigenvalue weighted by atomic mass is 10.1. The van der Waals surface area contributed by atoms with E-state index in [1.165, 1.54) is 0 Å². The molecule has 0 saturated heterocycles. The van der Waals surface area contributed by atoms with Crippen LogP contribution in [0.2, 0.25) is 0 Å². The van der Waals surface area contributed by atoms with E-state index in [-0.39, 0.29) is 31.1 Å². The Hall–Kier alpha value is -3.89. The molecule has 162 valence electrons. The van der Waals surface area contributed by atoms with Crippen molar-refractivity contribution in [3.8, 4) is 5.69 Å². The van der Waals surface area contributed by atoms with Crippen LogP contribution in [0.5, 0.6) is 0 Å². The standard InChI is InChI=1S/C20H18F3N5O3/c21-20(22,23)15-6-7-16(18(12-15)28(30)31)24-10-8-19(29)25-13-14-4-1-2-5-17(14)27-11-3-9-26-27/h1-7,9,11-12,24H,8,10,13H2,(H,25,29). The van der Waals surface area contributed by atoms with Crippen LogP contribution in [0.15, 0.2) is 60.9 Å². The number of hydrogen-bond donors (Lipinski definition) is 2. The molecule has 8 nitrogen and oxygen atoms in total. The summed E-state index contributed by atoms with van der Waals surface area (Å²) in [6.07, 6.45) is -1.29. The molecule has 1 heterocycles. The number of carbonyl (C=O) groups is 1. The molecule has 0 bridgehead atoms. The Morgan fingerprint density at radius 3 is 2.61 bits per heavy atom. The number of nitrogens with zero attached hydrogens (tertiary/aromatic N) is 3. The second kappa shape index (κ2) is 9.28. The van der Waals surface area contributed by atoms with E-state index in [1.807, 2.05) is 24.3 Å². The fourth-order valence-electron chi connectivity index (χ4n) is 2.90. The van der Waals surface area contributed by atoms with Gasteiger partial charge in [0.05, 0.1) is 16.2 Å². The Labute approximate surface area is 174 Å². The van der Waals surface area contributed by atoms with E-state index in [2.05, 4.69) is 15.7 Å². The monoisotopic (exact) mass is 433 g/mol. The van der Waals surface area contributed by atoms with Crippen molar-refractivity contribution in [1.29, 1.82) is 0 Å². The number of nitrogens with one attached hydrogen (secondary N) is 2. The largest absolute Gasteiger partial charge is 0.416 e. The molecule has 31 heavy (non-hydrogen) atoms. The first-order valence-corrected chi connectivity index (χ1v) is 9.20. The summed E-state index contributed by atoms with van der Waals surface area (Å²) in [4.78, 5) is 22.4. The predicted molar refractivity (Wildman–Crippen MR) is 107 cm³/mol. The summed E-state index contributed by atoms with van der Waals surface area (Å²) in [7, 11) is 0. The maximum atomic E-state index is 12.8. The fourth-order valence-corrected chi connectivity index (χ4v) is 2.90. The number of benzene rings is 2. The van der Waals surface area contributed by atoms with Crippen LogP contribution in [0.25, 0.3) is 5.69 Å². The molecule has 2 N–H and O–H groups in total. The first-order chi connectivity index (χ1) is 14.8. The normalized spacial score (nSPS) is 11.2. The molecule has 0 saturated carbocycles. The third kappa shape index (κ3) is 5.59. The molecule has 0 radical (unpaired) electrons. The highest BCUT2D eigenvalue weighted by Gasteiger charge is 2.33. The van der Waals surface area contributed by atoms with Crippen LogP contribution in [0, 0.1) is 10.1 Å². The summed E-state index contributed by atoms with van der Waals surface area (Å²) in [5.74, 6) is -0.322. The van der Waals surface area contributed by atoms with E-state index < -0.39 is 22.4 Å². The molecule has 0 spiro atoms. The van der Waals surface area contributed by atoms with Crippen molar-refractivity contribution in [3.05, 3.63) is 82.2 Å². The van der Waals surface area contributed by atoms with Crippen LogP contribution < -0.4 is 10.6 Å². The molecule has 11 heteroatoms. The minimum absolute atomic E-state index is 0.0127. The highest BCUT2D eigenvalue weighted by molar-refractivity contribution is 5.77. The molecule has 0 unspecified atom stereocenters. The van der Waals surface area contributed by atoms with Crippen LogP contribution >= 0.6 is 0 Å². The maximum absolute atomic E-state index is 12.8. The van der Waals surface area contributed by atoms with Crippen molar-refractivity contribution >= 4 is 17.3 Å². The minimum Gasteiger partial charge on any atom is -0.379 e. The van der Waals surface area contributed by atoms with Crippen molar-refractivity contribution in [3.63, 3.8) is 0 Å². The third-order valence-electron chi connectivity index (χ3n) is 4.41. The molecule has 0 aliphatic heterocycles. The molecule has 1 aromatic heterocycles. The topological polar surface area (TPSA) is 102 Å². The summed E-state index contributed by atoms with van der Waals surface area (Å²) in [5.41, 5.74) is -0.256. The van der Waals surface area contributed by atoms with Gasteiger partial charge in [0, 0.05) is 38.0 Å². The van der Waals surface area contributed by atoms with Crippen LogP contribution in [0.3, 0.4) is 0 Å². The number of anilines is 1. The number of nitro benzene ring substituents is 1. The second-order valence-corrected chi connectivity index (χ2v) is 6.52. The van der Waals surface area contributed by atoms with Gasteiger partial charge in [0.15, 0.2) is 0 Å². The molecule has 3 rings (SSSR count). The Morgan fingerprint density at radius 1 is 1.16 bits per heavy atom. The highest BCUT2D eigenvalue weighted by atomic mass is 19.4. The van der Waals surface area contributed by atoms with Crippen molar-refractivity contribution in [2.24, 2.45) is 0 Å². The molecule has 0 aliphatic rings. The zero-order valence-electron chi connectivity index (χ0n) is 16.1. The fraction of sp³-hybridized carbons (Fsp3) is 0.200. The van der Waals surface area contributed by atoms with Gasteiger partial charge in [-0.25, -0.2) is 4.68 Å². The van der Waals surface area contributed by atoms with Gasteiger partial charge in [0.25, 0.3) is 5.69 Å². The van der Waals surface area contributed by atoms with Crippen LogP contribution in [-0.4, -0.2) is 27.2 Å². The van der Waals surface area contributed by atoms with Crippen molar-refractivity contribution in [2.75, 3.05) is 11.9 Å². The number of halogens is 3. The lowest BCUT2D eigenvalue weighted by Crippen LogP contribution is -2.25. The Morgan fingerprint density at radius 2 is 1.94 bits per heavy atom. The van der Waals surface area contributed by atoms with Gasteiger partial charge in [-0.15, -0.1) is 0 Å². The van der Waals surface area contributed by atoms with Crippen molar-refractivity contribution < 1.29 is 22.9 Å². The lowest BCUT2D eigenvalue weighted by molar-refractivity contribution is -0.384. The van der Waals surface area contributed by atoms with E-state index in [1.54, 1.807) is 23.1 Å². The summed E-state index contributed by atoms with van der Waals surface area (Å²) in [6.45, 7) is 0.258. The van der Waals surface area contributed by atoms with Gasteiger partial charge in [0.2, 0.25) is 5.91 Å². The average molecular weight is 433 g/mol. The number of carbonyl (C=O) groups excluding carboxylic acids is 1. The predicted octanol–water partition coefficient (Wildman–Crippen LogP) is 3.92. The SMILES string of the molecule is O=C(CCNc1ccc(C(F)(F)F)cc1[N+](=O)[O-])NCc1ccccc1-n1cccn1. The zero-order valence-corrected chi connectivity index (χ0v) is 16.1. The van der Waals surface area contributed by atoms with E-state index in [9.17, 15) is 28.1 Å². The summed E-state index contributed by atoms with van der Waals surface area (Å²) in [6, 6.07) is 11.4. The third-order valence-corrected chi connectivity index (χ3v) is 4.41. The van der Waals surface area contributed by atoms with Crippen LogP contribution in [-0.2, 0) is 17.5 Å². The number of hydrogen-bond acceptors (Lipinski definition) is 5. The molecule has 1 amide bonds. The van der Waals surface area contributed by atoms with Gasteiger partial charge in [-0.1, -0.05) is 18.2 Å². The molecular weight excluding hydrogens is 415 g/mol. The quantitative estimate of drug-likeness (QED) is 0.414. The van der Waals surface area contributed by atoms with Gasteiger partial charge in [-0.2, -0.15) is 18.3 Å².